The van der Waals surface area contributed by atoms with Crippen molar-refractivity contribution < 1.29 is 17.6 Å². The number of hydrogen-bond acceptors (Lipinski definition) is 6. The van der Waals surface area contributed by atoms with Gasteiger partial charge in [-0.15, -0.1) is 0 Å². The number of nitrogens with zero attached hydrogens (tertiary/aromatic N) is 3. The molecule has 0 bridgehead atoms. The Bertz CT molecular complexity index is 996. The van der Waals surface area contributed by atoms with E-state index in [1.165, 1.54) is 16.4 Å². The van der Waals surface area contributed by atoms with Crippen molar-refractivity contribution in [1.82, 2.24) is 24.4 Å². The quantitative estimate of drug-likeness (QED) is 0.703. The zero-order valence-corrected chi connectivity index (χ0v) is 16.3. The van der Waals surface area contributed by atoms with Gasteiger partial charge in [-0.05, 0) is 50.0 Å². The highest BCUT2D eigenvalue weighted by molar-refractivity contribution is 7.89. The summed E-state index contributed by atoms with van der Waals surface area (Å²) in [5.41, 5.74) is 0. The summed E-state index contributed by atoms with van der Waals surface area (Å²) in [5, 5.41) is 9.39. The number of carbonyl (C=O) groups is 1. The van der Waals surface area contributed by atoms with Crippen LogP contribution in [0.25, 0.3) is 0 Å². The molecule has 0 spiro atoms. The van der Waals surface area contributed by atoms with Crippen LogP contribution in [-0.2, 0) is 16.6 Å². The normalized spacial score (nSPS) is 18.5. The maximum Gasteiger partial charge on any atom is 0.287 e. The lowest BCUT2D eigenvalue weighted by Crippen LogP contribution is -2.35. The molecule has 0 atom stereocenters. The SMILES string of the molecule is O=C(NCc1n[nH]c(=S)n1C1CC1)c1ccc(S(=O)(=O)N2CCCCC2)o1. The lowest BCUT2D eigenvalue weighted by atomic mass is 10.2. The summed E-state index contributed by atoms with van der Waals surface area (Å²) in [6.07, 6.45) is 4.79. The smallest absolute Gasteiger partial charge is 0.287 e. The highest BCUT2D eigenvalue weighted by Crippen LogP contribution is 2.35. The second kappa shape index (κ2) is 7.21. The van der Waals surface area contributed by atoms with Crippen molar-refractivity contribution in [1.29, 1.82) is 0 Å². The van der Waals surface area contributed by atoms with Gasteiger partial charge < -0.3 is 9.73 Å². The van der Waals surface area contributed by atoms with E-state index < -0.39 is 15.9 Å². The van der Waals surface area contributed by atoms with Crippen LogP contribution in [0.4, 0.5) is 0 Å². The van der Waals surface area contributed by atoms with E-state index in [1.807, 2.05) is 4.57 Å². The largest absolute Gasteiger partial charge is 0.438 e. The highest BCUT2D eigenvalue weighted by atomic mass is 32.2. The summed E-state index contributed by atoms with van der Waals surface area (Å²) < 4.78 is 34.4. The van der Waals surface area contributed by atoms with Gasteiger partial charge in [-0.3, -0.25) is 14.5 Å². The Morgan fingerprint density at radius 3 is 2.74 bits per heavy atom. The first-order chi connectivity index (χ1) is 13.0. The number of H-pyrrole nitrogens is 1. The Hall–Kier alpha value is -1.98. The number of aromatic nitrogens is 3. The van der Waals surface area contributed by atoms with Crippen molar-refractivity contribution in [2.24, 2.45) is 0 Å². The monoisotopic (exact) mass is 411 g/mol. The van der Waals surface area contributed by atoms with Gasteiger partial charge in [-0.2, -0.15) is 9.40 Å². The molecule has 11 heteroatoms. The lowest BCUT2D eigenvalue weighted by molar-refractivity contribution is 0.0916. The van der Waals surface area contributed by atoms with Crippen molar-refractivity contribution in [2.45, 2.75) is 49.8 Å². The number of sulfonamides is 1. The number of nitrogens with one attached hydrogen (secondary N) is 2. The summed E-state index contributed by atoms with van der Waals surface area (Å²) in [7, 11) is -3.70. The van der Waals surface area contributed by atoms with E-state index in [4.69, 9.17) is 16.6 Å². The predicted octanol–water partition coefficient (Wildman–Crippen LogP) is 1.97. The van der Waals surface area contributed by atoms with Gasteiger partial charge in [0, 0.05) is 19.1 Å². The van der Waals surface area contributed by atoms with Crippen LogP contribution in [0.2, 0.25) is 0 Å². The number of amides is 1. The molecule has 0 aromatic carbocycles. The van der Waals surface area contributed by atoms with Gasteiger partial charge in [-0.25, -0.2) is 8.42 Å². The minimum atomic E-state index is -3.70. The lowest BCUT2D eigenvalue weighted by Gasteiger charge is -2.24. The molecule has 2 fully saturated rings. The van der Waals surface area contributed by atoms with Crippen LogP contribution in [-0.4, -0.2) is 46.5 Å². The Morgan fingerprint density at radius 2 is 2.04 bits per heavy atom. The molecule has 2 aliphatic rings. The molecule has 2 N–H and O–H groups in total. The van der Waals surface area contributed by atoms with E-state index in [-0.39, 0.29) is 17.4 Å². The zero-order valence-electron chi connectivity index (χ0n) is 14.7. The number of piperidine rings is 1. The van der Waals surface area contributed by atoms with Crippen molar-refractivity contribution in [3.05, 3.63) is 28.5 Å². The Balaban J connectivity index is 1.44. The minimum absolute atomic E-state index is 0.0438. The molecular formula is C16H21N5O4S2. The molecule has 2 aromatic rings. The molecule has 9 nitrogen and oxygen atoms in total. The van der Waals surface area contributed by atoms with Gasteiger partial charge in [0.2, 0.25) is 5.09 Å². The molecular weight excluding hydrogens is 390 g/mol. The molecule has 1 saturated heterocycles. The van der Waals surface area contributed by atoms with Crippen molar-refractivity contribution in [3.63, 3.8) is 0 Å². The van der Waals surface area contributed by atoms with Crippen LogP contribution in [0.15, 0.2) is 21.6 Å². The molecule has 27 heavy (non-hydrogen) atoms. The van der Waals surface area contributed by atoms with Crippen molar-refractivity contribution >= 4 is 28.1 Å². The van der Waals surface area contributed by atoms with Crippen LogP contribution >= 0.6 is 12.2 Å². The number of aromatic amines is 1. The summed E-state index contributed by atoms with van der Waals surface area (Å²) in [6, 6.07) is 3.05. The third kappa shape index (κ3) is 3.71. The van der Waals surface area contributed by atoms with Gasteiger partial charge in [0.05, 0.1) is 6.54 Å². The summed E-state index contributed by atoms with van der Waals surface area (Å²) in [6.45, 7) is 1.14. The van der Waals surface area contributed by atoms with Crippen LogP contribution in [0, 0.1) is 4.77 Å². The Labute approximate surface area is 161 Å². The van der Waals surface area contributed by atoms with E-state index in [0.717, 1.165) is 32.1 Å². The summed E-state index contributed by atoms with van der Waals surface area (Å²) in [4.78, 5) is 12.4. The summed E-state index contributed by atoms with van der Waals surface area (Å²) in [5.74, 6) is 0.104. The molecule has 1 aliphatic heterocycles. The fraction of sp³-hybridized carbons (Fsp3) is 0.562. The fourth-order valence-corrected chi connectivity index (χ4v) is 4.96. The molecule has 0 radical (unpaired) electrons. The number of furan rings is 1. The first-order valence-corrected chi connectivity index (χ1v) is 10.9. The Kier molecular flexibility index (Phi) is 4.91. The number of hydrogen-bond donors (Lipinski definition) is 2. The van der Waals surface area contributed by atoms with E-state index in [9.17, 15) is 13.2 Å². The predicted molar refractivity (Wildman–Crippen MR) is 98.2 cm³/mol. The molecule has 4 rings (SSSR count). The molecule has 1 amide bonds. The van der Waals surface area contributed by atoms with E-state index in [2.05, 4.69) is 15.5 Å². The topological polar surface area (TPSA) is 113 Å². The minimum Gasteiger partial charge on any atom is -0.438 e. The van der Waals surface area contributed by atoms with E-state index in [0.29, 0.717) is 29.7 Å². The van der Waals surface area contributed by atoms with Crippen molar-refractivity contribution in [3.8, 4) is 0 Å². The van der Waals surface area contributed by atoms with Crippen LogP contribution in [0.5, 0.6) is 0 Å². The first kappa shape index (κ1) is 18.4. The van der Waals surface area contributed by atoms with Gasteiger partial charge in [0.1, 0.15) is 0 Å². The van der Waals surface area contributed by atoms with E-state index >= 15 is 0 Å². The maximum absolute atomic E-state index is 12.6. The molecule has 1 aliphatic carbocycles. The molecule has 3 heterocycles. The van der Waals surface area contributed by atoms with Crippen molar-refractivity contribution in [2.75, 3.05) is 13.1 Å². The number of carbonyl (C=O) groups excluding carboxylic acids is 1. The van der Waals surface area contributed by atoms with Crippen LogP contribution < -0.4 is 5.32 Å². The Morgan fingerprint density at radius 1 is 1.30 bits per heavy atom. The van der Waals surface area contributed by atoms with Gasteiger partial charge >= 0.3 is 0 Å². The molecule has 1 saturated carbocycles. The number of rotatable bonds is 6. The standard InChI is InChI=1S/C16H21N5O4S2/c22-15(17-10-13-18-19-16(26)21(13)11-4-5-11)12-6-7-14(25-12)27(23,24)20-8-2-1-3-9-20/h6-7,11H,1-5,8-10H2,(H,17,22)(H,19,26). The molecule has 146 valence electrons. The summed E-state index contributed by atoms with van der Waals surface area (Å²) >= 11 is 5.21. The fourth-order valence-electron chi connectivity index (χ4n) is 3.23. The third-order valence-electron chi connectivity index (χ3n) is 4.81. The van der Waals surface area contributed by atoms with Gasteiger partial charge in [0.15, 0.2) is 16.4 Å². The third-order valence-corrected chi connectivity index (χ3v) is 6.87. The van der Waals surface area contributed by atoms with Crippen LogP contribution in [0.3, 0.4) is 0 Å². The maximum atomic E-state index is 12.6. The average Bonchev–Trinajstić information content (AvgIpc) is 3.24. The second-order valence-electron chi connectivity index (χ2n) is 6.81. The van der Waals surface area contributed by atoms with Gasteiger partial charge in [0.25, 0.3) is 15.9 Å². The molecule has 2 aromatic heterocycles. The zero-order chi connectivity index (χ0) is 19.0. The van der Waals surface area contributed by atoms with Crippen LogP contribution in [0.1, 0.15) is 54.5 Å². The average molecular weight is 412 g/mol. The highest BCUT2D eigenvalue weighted by Gasteiger charge is 2.30. The van der Waals surface area contributed by atoms with Gasteiger partial charge in [-0.1, -0.05) is 6.42 Å². The second-order valence-corrected chi connectivity index (χ2v) is 9.07. The first-order valence-electron chi connectivity index (χ1n) is 9.01. The molecule has 0 unspecified atom stereocenters. The van der Waals surface area contributed by atoms with E-state index in [1.54, 1.807) is 0 Å².